The Hall–Kier alpha value is -1.22. The fourth-order valence-corrected chi connectivity index (χ4v) is 3.54. The first kappa shape index (κ1) is 12.8. The van der Waals surface area contributed by atoms with E-state index in [0.717, 1.165) is 6.04 Å². The van der Waals surface area contributed by atoms with E-state index in [1.54, 1.807) is 0 Å². The maximum Gasteiger partial charge on any atom is 0.0604 e. The molecule has 0 amide bonds. The molecule has 2 fully saturated rings. The zero-order valence-corrected chi connectivity index (χ0v) is 12.2. The Morgan fingerprint density at radius 1 is 1.05 bits per heavy atom. The standard InChI is InChI=1S/C16H25N3/c1-17(2)15-8-3-4-9-16(15)19-12-6-11-18-10-5-7-14(18)13-19/h3-4,8-9,14H,5-7,10-13H2,1-2H3. The molecule has 1 atom stereocenters. The van der Waals surface area contributed by atoms with Gasteiger partial charge in [-0.2, -0.15) is 0 Å². The van der Waals surface area contributed by atoms with Gasteiger partial charge in [-0.25, -0.2) is 0 Å². The molecule has 2 saturated heterocycles. The van der Waals surface area contributed by atoms with Crippen molar-refractivity contribution in [1.29, 1.82) is 0 Å². The van der Waals surface area contributed by atoms with Gasteiger partial charge in [0.05, 0.1) is 11.4 Å². The van der Waals surface area contributed by atoms with E-state index >= 15 is 0 Å². The summed E-state index contributed by atoms with van der Waals surface area (Å²) in [6.45, 7) is 4.99. The number of para-hydroxylation sites is 2. The summed E-state index contributed by atoms with van der Waals surface area (Å²) >= 11 is 0. The van der Waals surface area contributed by atoms with Crippen LogP contribution in [-0.4, -0.2) is 51.2 Å². The highest BCUT2D eigenvalue weighted by Crippen LogP contribution is 2.31. The van der Waals surface area contributed by atoms with Crippen LogP contribution in [0.15, 0.2) is 24.3 Å². The van der Waals surface area contributed by atoms with Crippen LogP contribution in [0.2, 0.25) is 0 Å². The van der Waals surface area contributed by atoms with Gasteiger partial charge >= 0.3 is 0 Å². The molecule has 19 heavy (non-hydrogen) atoms. The second kappa shape index (κ2) is 5.41. The zero-order chi connectivity index (χ0) is 13.2. The first-order valence-electron chi connectivity index (χ1n) is 7.51. The van der Waals surface area contributed by atoms with E-state index in [-0.39, 0.29) is 0 Å². The average Bonchev–Trinajstić information content (AvgIpc) is 2.76. The van der Waals surface area contributed by atoms with Gasteiger partial charge < -0.3 is 9.80 Å². The van der Waals surface area contributed by atoms with Crippen LogP contribution >= 0.6 is 0 Å². The highest BCUT2D eigenvalue weighted by molar-refractivity contribution is 5.70. The van der Waals surface area contributed by atoms with Crippen molar-refractivity contribution in [3.63, 3.8) is 0 Å². The van der Waals surface area contributed by atoms with Gasteiger partial charge in [0.1, 0.15) is 0 Å². The van der Waals surface area contributed by atoms with Gasteiger partial charge in [0.2, 0.25) is 0 Å². The summed E-state index contributed by atoms with van der Waals surface area (Å²) < 4.78 is 0. The van der Waals surface area contributed by atoms with Gasteiger partial charge in [0.25, 0.3) is 0 Å². The Morgan fingerprint density at radius 3 is 2.68 bits per heavy atom. The third-order valence-electron chi connectivity index (χ3n) is 4.51. The third kappa shape index (κ3) is 2.57. The van der Waals surface area contributed by atoms with E-state index < -0.39 is 0 Å². The van der Waals surface area contributed by atoms with E-state index in [1.165, 1.54) is 56.8 Å². The molecule has 3 heteroatoms. The van der Waals surface area contributed by atoms with E-state index in [9.17, 15) is 0 Å². The van der Waals surface area contributed by atoms with Gasteiger partial charge in [0.15, 0.2) is 0 Å². The van der Waals surface area contributed by atoms with Crippen LogP contribution in [0.25, 0.3) is 0 Å². The molecule has 2 aliphatic heterocycles. The Morgan fingerprint density at radius 2 is 1.84 bits per heavy atom. The topological polar surface area (TPSA) is 9.72 Å². The molecule has 0 N–H and O–H groups in total. The predicted octanol–water partition coefficient (Wildman–Crippen LogP) is 2.43. The van der Waals surface area contributed by atoms with Crippen LogP contribution in [0.1, 0.15) is 19.3 Å². The van der Waals surface area contributed by atoms with Crippen molar-refractivity contribution < 1.29 is 0 Å². The monoisotopic (exact) mass is 259 g/mol. The number of hydrogen-bond donors (Lipinski definition) is 0. The molecule has 0 bridgehead atoms. The van der Waals surface area contributed by atoms with E-state index in [4.69, 9.17) is 0 Å². The minimum atomic E-state index is 0.776. The molecule has 1 aromatic rings. The van der Waals surface area contributed by atoms with Crippen molar-refractivity contribution in [3.8, 4) is 0 Å². The lowest BCUT2D eigenvalue weighted by molar-refractivity contribution is 0.273. The highest BCUT2D eigenvalue weighted by Gasteiger charge is 2.29. The summed E-state index contributed by atoms with van der Waals surface area (Å²) in [7, 11) is 4.27. The van der Waals surface area contributed by atoms with Crippen LogP contribution in [0, 0.1) is 0 Å². The van der Waals surface area contributed by atoms with Gasteiger partial charge in [-0.05, 0) is 37.9 Å². The largest absolute Gasteiger partial charge is 0.376 e. The van der Waals surface area contributed by atoms with Gasteiger partial charge in [-0.3, -0.25) is 4.90 Å². The third-order valence-corrected chi connectivity index (χ3v) is 4.51. The molecule has 1 aromatic carbocycles. The van der Waals surface area contributed by atoms with Crippen LogP contribution in [-0.2, 0) is 0 Å². The van der Waals surface area contributed by atoms with Crippen molar-refractivity contribution in [2.75, 3.05) is 50.1 Å². The number of fused-ring (bicyclic) bond motifs is 1. The molecule has 104 valence electrons. The Kier molecular flexibility index (Phi) is 3.65. The van der Waals surface area contributed by atoms with Crippen LogP contribution in [0.5, 0.6) is 0 Å². The molecule has 0 radical (unpaired) electrons. The first-order valence-corrected chi connectivity index (χ1v) is 7.51. The lowest BCUT2D eigenvalue weighted by atomic mass is 10.1. The average molecular weight is 259 g/mol. The lowest BCUT2D eigenvalue weighted by Gasteiger charge is -2.30. The molecule has 1 unspecified atom stereocenters. The van der Waals surface area contributed by atoms with Crippen LogP contribution in [0.4, 0.5) is 11.4 Å². The molecule has 0 spiro atoms. The fraction of sp³-hybridized carbons (Fsp3) is 0.625. The summed E-state index contributed by atoms with van der Waals surface area (Å²) in [5, 5.41) is 0. The Balaban J connectivity index is 1.85. The van der Waals surface area contributed by atoms with Crippen molar-refractivity contribution in [2.24, 2.45) is 0 Å². The smallest absolute Gasteiger partial charge is 0.0604 e. The molecule has 0 aromatic heterocycles. The quantitative estimate of drug-likeness (QED) is 0.807. The molecule has 2 aliphatic rings. The highest BCUT2D eigenvalue weighted by atomic mass is 15.3. The SMILES string of the molecule is CN(C)c1ccccc1N1CCCN2CCCC2C1. The summed E-state index contributed by atoms with van der Waals surface area (Å²) in [6, 6.07) is 9.59. The second-order valence-electron chi connectivity index (χ2n) is 6.01. The molecule has 0 saturated carbocycles. The van der Waals surface area contributed by atoms with Crippen molar-refractivity contribution in [2.45, 2.75) is 25.3 Å². The van der Waals surface area contributed by atoms with Gasteiger partial charge in [-0.15, -0.1) is 0 Å². The normalized spacial score (nSPS) is 24.1. The van der Waals surface area contributed by atoms with Crippen LogP contribution < -0.4 is 9.80 Å². The Bertz CT molecular complexity index is 430. The van der Waals surface area contributed by atoms with Crippen LogP contribution in [0.3, 0.4) is 0 Å². The summed E-state index contributed by atoms with van der Waals surface area (Å²) in [5.41, 5.74) is 2.75. The number of benzene rings is 1. The molecular weight excluding hydrogens is 234 g/mol. The first-order chi connectivity index (χ1) is 9.25. The predicted molar refractivity (Wildman–Crippen MR) is 82.2 cm³/mol. The number of nitrogens with zero attached hydrogens (tertiary/aromatic N) is 3. The number of rotatable bonds is 2. The van der Waals surface area contributed by atoms with E-state index in [0.29, 0.717) is 0 Å². The van der Waals surface area contributed by atoms with Gasteiger partial charge in [-0.1, -0.05) is 12.1 Å². The number of hydrogen-bond acceptors (Lipinski definition) is 3. The maximum absolute atomic E-state index is 2.69. The molecule has 3 rings (SSSR count). The minimum absolute atomic E-state index is 0.776. The summed E-state index contributed by atoms with van der Waals surface area (Å²) in [4.78, 5) is 7.52. The van der Waals surface area contributed by atoms with E-state index in [1.807, 2.05) is 0 Å². The Labute approximate surface area is 116 Å². The maximum atomic E-state index is 2.69. The van der Waals surface area contributed by atoms with E-state index in [2.05, 4.69) is 53.1 Å². The van der Waals surface area contributed by atoms with Crippen molar-refractivity contribution >= 4 is 11.4 Å². The second-order valence-corrected chi connectivity index (χ2v) is 6.01. The molecular formula is C16H25N3. The molecule has 2 heterocycles. The fourth-order valence-electron chi connectivity index (χ4n) is 3.54. The molecule has 0 aliphatic carbocycles. The van der Waals surface area contributed by atoms with Crippen molar-refractivity contribution in [3.05, 3.63) is 24.3 Å². The van der Waals surface area contributed by atoms with Crippen molar-refractivity contribution in [1.82, 2.24) is 4.90 Å². The number of anilines is 2. The minimum Gasteiger partial charge on any atom is -0.376 e. The summed E-state index contributed by atoms with van der Waals surface area (Å²) in [6.07, 6.45) is 4.05. The zero-order valence-electron chi connectivity index (χ0n) is 12.2. The summed E-state index contributed by atoms with van der Waals surface area (Å²) in [5.74, 6) is 0. The van der Waals surface area contributed by atoms with Gasteiger partial charge in [0, 0.05) is 39.8 Å². The molecule has 3 nitrogen and oxygen atoms in total. The lowest BCUT2D eigenvalue weighted by Crippen LogP contribution is -2.37.